The summed E-state index contributed by atoms with van der Waals surface area (Å²) in [7, 11) is 0. The van der Waals surface area contributed by atoms with Crippen molar-refractivity contribution in [2.75, 3.05) is 0 Å². The van der Waals surface area contributed by atoms with Crippen LogP contribution in [0.1, 0.15) is 32.1 Å². The predicted molar refractivity (Wildman–Crippen MR) is 77.8 cm³/mol. The Kier molecular flexibility index (Phi) is 2.93. The number of aromatic nitrogens is 1. The fourth-order valence-electron chi connectivity index (χ4n) is 3.45. The van der Waals surface area contributed by atoms with Gasteiger partial charge in [-0.05, 0) is 43.3 Å². The van der Waals surface area contributed by atoms with Gasteiger partial charge < -0.3 is 10.1 Å². The fraction of sp³-hybridized carbons (Fsp3) is 0.533. The highest BCUT2D eigenvalue weighted by Gasteiger charge is 2.32. The molecule has 4 rings (SSSR count). The maximum atomic E-state index is 6.29. The summed E-state index contributed by atoms with van der Waals surface area (Å²) in [6, 6.07) is 7.58. The molecule has 2 aliphatic heterocycles. The van der Waals surface area contributed by atoms with Gasteiger partial charge in [0, 0.05) is 23.7 Å². The standard InChI is InChI=1S/C15H18N2OS/c1-3-10-9-16-19-15(10)14(6-1)18-13-7-11-4-2-5-12(8-13)17-11/h1,3,6,9,11-13,17H,2,4-5,7-8H2/t11-,12-/m0/s1. The molecule has 2 bridgehead atoms. The lowest BCUT2D eigenvalue weighted by molar-refractivity contribution is 0.0941. The van der Waals surface area contributed by atoms with Crippen LogP contribution in [0.15, 0.2) is 24.4 Å². The summed E-state index contributed by atoms with van der Waals surface area (Å²) in [6.07, 6.45) is 8.56. The smallest absolute Gasteiger partial charge is 0.139 e. The van der Waals surface area contributed by atoms with Gasteiger partial charge in [0.15, 0.2) is 0 Å². The van der Waals surface area contributed by atoms with Crippen molar-refractivity contribution in [3.05, 3.63) is 24.4 Å². The van der Waals surface area contributed by atoms with Gasteiger partial charge in [0.2, 0.25) is 0 Å². The Morgan fingerprint density at radius 2 is 2.05 bits per heavy atom. The van der Waals surface area contributed by atoms with Gasteiger partial charge in [-0.3, -0.25) is 0 Å². The Bertz CT molecular complexity index is 570. The Balaban J connectivity index is 1.56. The zero-order valence-electron chi connectivity index (χ0n) is 10.8. The lowest BCUT2D eigenvalue weighted by Crippen LogP contribution is -2.51. The van der Waals surface area contributed by atoms with E-state index in [9.17, 15) is 0 Å². The van der Waals surface area contributed by atoms with E-state index in [0.717, 1.165) is 18.6 Å². The maximum absolute atomic E-state index is 6.29. The number of rotatable bonds is 2. The zero-order valence-corrected chi connectivity index (χ0v) is 11.7. The average molecular weight is 274 g/mol. The van der Waals surface area contributed by atoms with Crippen molar-refractivity contribution in [2.45, 2.75) is 50.3 Å². The van der Waals surface area contributed by atoms with Crippen molar-refractivity contribution in [2.24, 2.45) is 0 Å². The molecule has 19 heavy (non-hydrogen) atoms. The van der Waals surface area contributed by atoms with Crippen LogP contribution in [0.4, 0.5) is 0 Å². The van der Waals surface area contributed by atoms with Gasteiger partial charge in [0.05, 0.1) is 4.70 Å². The topological polar surface area (TPSA) is 34.1 Å². The number of hydrogen-bond acceptors (Lipinski definition) is 4. The first-order chi connectivity index (χ1) is 9.38. The first kappa shape index (κ1) is 11.7. The van der Waals surface area contributed by atoms with Gasteiger partial charge in [0.25, 0.3) is 0 Å². The second-order valence-corrected chi connectivity index (χ2v) is 6.50. The normalized spacial score (nSPS) is 30.4. The molecule has 1 N–H and O–H groups in total. The van der Waals surface area contributed by atoms with Crippen LogP contribution in [0, 0.1) is 0 Å². The number of piperidine rings is 2. The van der Waals surface area contributed by atoms with Gasteiger partial charge in [-0.25, -0.2) is 0 Å². The molecule has 0 unspecified atom stereocenters. The monoisotopic (exact) mass is 274 g/mol. The molecule has 1 aromatic carbocycles. The van der Waals surface area contributed by atoms with E-state index in [1.165, 1.54) is 40.9 Å². The van der Waals surface area contributed by atoms with Crippen molar-refractivity contribution in [3.63, 3.8) is 0 Å². The molecule has 0 saturated carbocycles. The third kappa shape index (κ3) is 2.23. The summed E-state index contributed by atoms with van der Waals surface area (Å²) in [5.74, 6) is 1.02. The van der Waals surface area contributed by atoms with Crippen molar-refractivity contribution >= 4 is 21.6 Å². The summed E-state index contributed by atoms with van der Waals surface area (Å²) in [5.41, 5.74) is 0. The molecule has 4 heteroatoms. The molecule has 0 aliphatic carbocycles. The first-order valence-corrected chi connectivity index (χ1v) is 7.92. The SMILES string of the molecule is c1cc(OC2C[C@@H]3CCC[C@@H](C2)N3)c2sncc2c1. The van der Waals surface area contributed by atoms with Crippen molar-refractivity contribution in [3.8, 4) is 5.75 Å². The minimum absolute atomic E-state index is 0.365. The molecule has 2 atom stereocenters. The highest BCUT2D eigenvalue weighted by Crippen LogP contribution is 2.33. The third-order valence-electron chi connectivity index (χ3n) is 4.31. The summed E-state index contributed by atoms with van der Waals surface area (Å²) >= 11 is 1.53. The van der Waals surface area contributed by atoms with E-state index in [2.05, 4.69) is 27.9 Å². The van der Waals surface area contributed by atoms with Crippen LogP contribution < -0.4 is 10.1 Å². The summed E-state index contributed by atoms with van der Waals surface area (Å²) in [6.45, 7) is 0. The van der Waals surface area contributed by atoms with E-state index in [0.29, 0.717) is 18.2 Å². The molecule has 2 aromatic rings. The molecule has 0 amide bonds. The lowest BCUT2D eigenvalue weighted by Gasteiger charge is -2.40. The third-order valence-corrected chi connectivity index (χ3v) is 5.14. The van der Waals surface area contributed by atoms with Gasteiger partial charge in [0.1, 0.15) is 11.9 Å². The van der Waals surface area contributed by atoms with Crippen LogP contribution in [0.3, 0.4) is 0 Å². The molecule has 2 aliphatic rings. The fourth-order valence-corrected chi connectivity index (χ4v) is 4.15. The van der Waals surface area contributed by atoms with Crippen molar-refractivity contribution in [1.82, 2.24) is 9.69 Å². The molecule has 1 aromatic heterocycles. The van der Waals surface area contributed by atoms with E-state index in [-0.39, 0.29) is 0 Å². The molecule has 100 valence electrons. The van der Waals surface area contributed by atoms with Crippen LogP contribution in [0.2, 0.25) is 0 Å². The number of ether oxygens (including phenoxy) is 1. The second-order valence-electron chi connectivity index (χ2n) is 5.70. The minimum Gasteiger partial charge on any atom is -0.489 e. The molecular weight excluding hydrogens is 256 g/mol. The van der Waals surface area contributed by atoms with E-state index in [1.807, 2.05) is 6.20 Å². The first-order valence-electron chi connectivity index (χ1n) is 7.14. The van der Waals surface area contributed by atoms with Crippen LogP contribution in [-0.2, 0) is 0 Å². The van der Waals surface area contributed by atoms with E-state index in [1.54, 1.807) is 0 Å². The quantitative estimate of drug-likeness (QED) is 0.912. The Morgan fingerprint density at radius 3 is 2.89 bits per heavy atom. The van der Waals surface area contributed by atoms with Gasteiger partial charge >= 0.3 is 0 Å². The number of hydrogen-bond donors (Lipinski definition) is 1. The van der Waals surface area contributed by atoms with E-state index in [4.69, 9.17) is 4.74 Å². The Labute approximate surface area is 117 Å². The summed E-state index contributed by atoms with van der Waals surface area (Å²) < 4.78 is 11.7. The van der Waals surface area contributed by atoms with Gasteiger partial charge in [-0.15, -0.1) is 0 Å². The zero-order chi connectivity index (χ0) is 12.7. The maximum Gasteiger partial charge on any atom is 0.139 e. The highest BCUT2D eigenvalue weighted by atomic mass is 32.1. The van der Waals surface area contributed by atoms with Gasteiger partial charge in [-0.2, -0.15) is 4.37 Å². The Morgan fingerprint density at radius 1 is 1.21 bits per heavy atom. The van der Waals surface area contributed by atoms with Crippen molar-refractivity contribution < 1.29 is 4.74 Å². The average Bonchev–Trinajstić information content (AvgIpc) is 2.88. The summed E-state index contributed by atoms with van der Waals surface area (Å²) in [5, 5.41) is 4.90. The molecule has 3 nitrogen and oxygen atoms in total. The molecular formula is C15H18N2OS. The van der Waals surface area contributed by atoms with E-state index >= 15 is 0 Å². The van der Waals surface area contributed by atoms with Crippen LogP contribution >= 0.6 is 11.5 Å². The number of nitrogens with one attached hydrogen (secondary N) is 1. The predicted octanol–water partition coefficient (Wildman–Crippen LogP) is 3.35. The van der Waals surface area contributed by atoms with Crippen molar-refractivity contribution in [1.29, 1.82) is 0 Å². The molecule has 2 saturated heterocycles. The number of benzene rings is 1. The van der Waals surface area contributed by atoms with E-state index < -0.39 is 0 Å². The number of fused-ring (bicyclic) bond motifs is 3. The molecule has 0 spiro atoms. The molecule has 0 radical (unpaired) electrons. The summed E-state index contributed by atoms with van der Waals surface area (Å²) in [4.78, 5) is 0. The van der Waals surface area contributed by atoms with Crippen LogP contribution in [0.25, 0.3) is 10.1 Å². The second kappa shape index (κ2) is 4.76. The minimum atomic E-state index is 0.365. The van der Waals surface area contributed by atoms with Crippen LogP contribution in [0.5, 0.6) is 5.75 Å². The molecule has 3 heterocycles. The number of nitrogens with zero attached hydrogens (tertiary/aromatic N) is 1. The van der Waals surface area contributed by atoms with Crippen LogP contribution in [-0.4, -0.2) is 22.6 Å². The van der Waals surface area contributed by atoms with Gasteiger partial charge in [-0.1, -0.05) is 18.6 Å². The molecule has 2 fully saturated rings. The highest BCUT2D eigenvalue weighted by molar-refractivity contribution is 7.13. The lowest BCUT2D eigenvalue weighted by atomic mass is 9.85. The largest absolute Gasteiger partial charge is 0.489 e. The Hall–Kier alpha value is -1.13.